The van der Waals surface area contributed by atoms with Crippen LogP contribution in [0.15, 0.2) is 42.5 Å². The summed E-state index contributed by atoms with van der Waals surface area (Å²) in [6.07, 6.45) is 0. The molecule has 6 heteroatoms. The van der Waals surface area contributed by atoms with Gasteiger partial charge in [-0.15, -0.1) is 10.2 Å². The standard InChI is InChI=1S/C15H10Cl2FN3/c16-12-7-9(5-6-13(12)18)8-19-15-11-4-2-1-3-10(11)14(17)20-21-15/h1-7H,8H2,(H,19,21). The summed E-state index contributed by atoms with van der Waals surface area (Å²) in [6.45, 7) is 0.459. The number of rotatable bonds is 3. The minimum Gasteiger partial charge on any atom is -0.364 e. The fourth-order valence-electron chi connectivity index (χ4n) is 2.04. The van der Waals surface area contributed by atoms with Gasteiger partial charge in [0, 0.05) is 17.3 Å². The maximum atomic E-state index is 13.1. The van der Waals surface area contributed by atoms with Crippen molar-refractivity contribution in [3.8, 4) is 0 Å². The molecule has 0 bridgehead atoms. The number of benzene rings is 2. The number of halogens is 3. The Labute approximate surface area is 130 Å². The van der Waals surface area contributed by atoms with Gasteiger partial charge in [-0.25, -0.2) is 4.39 Å². The van der Waals surface area contributed by atoms with Gasteiger partial charge in [0.15, 0.2) is 11.0 Å². The minimum atomic E-state index is -0.433. The molecule has 0 aliphatic rings. The molecule has 0 fully saturated rings. The first-order chi connectivity index (χ1) is 10.1. The molecule has 0 aliphatic carbocycles. The number of aromatic nitrogens is 2. The summed E-state index contributed by atoms with van der Waals surface area (Å²) in [5.74, 6) is 0.188. The molecule has 0 atom stereocenters. The van der Waals surface area contributed by atoms with Gasteiger partial charge in [-0.1, -0.05) is 53.5 Å². The predicted octanol–water partition coefficient (Wildman–Crippen LogP) is 4.69. The third-order valence-electron chi connectivity index (χ3n) is 3.09. The second-order valence-electron chi connectivity index (χ2n) is 4.49. The summed E-state index contributed by atoms with van der Waals surface area (Å²) in [7, 11) is 0. The average Bonchev–Trinajstić information content (AvgIpc) is 2.50. The van der Waals surface area contributed by atoms with Gasteiger partial charge in [0.2, 0.25) is 0 Å². The first-order valence-corrected chi connectivity index (χ1v) is 6.99. The Kier molecular flexibility index (Phi) is 3.90. The van der Waals surface area contributed by atoms with Gasteiger partial charge >= 0.3 is 0 Å². The van der Waals surface area contributed by atoms with Gasteiger partial charge in [0.25, 0.3) is 0 Å². The van der Waals surface area contributed by atoms with Crippen LogP contribution in [0.3, 0.4) is 0 Å². The van der Waals surface area contributed by atoms with E-state index in [1.54, 1.807) is 12.1 Å². The zero-order valence-corrected chi connectivity index (χ0v) is 12.3. The highest BCUT2D eigenvalue weighted by Gasteiger charge is 2.07. The molecule has 0 radical (unpaired) electrons. The smallest absolute Gasteiger partial charge is 0.159 e. The van der Waals surface area contributed by atoms with Crippen molar-refractivity contribution < 1.29 is 4.39 Å². The van der Waals surface area contributed by atoms with Crippen LogP contribution in [0.1, 0.15) is 5.56 Å². The van der Waals surface area contributed by atoms with Crippen LogP contribution in [0.4, 0.5) is 10.2 Å². The molecular formula is C15H10Cl2FN3. The summed E-state index contributed by atoms with van der Waals surface area (Å²) >= 11 is 11.8. The van der Waals surface area contributed by atoms with Crippen LogP contribution in [-0.4, -0.2) is 10.2 Å². The lowest BCUT2D eigenvalue weighted by atomic mass is 10.2. The first-order valence-electron chi connectivity index (χ1n) is 6.24. The van der Waals surface area contributed by atoms with E-state index < -0.39 is 5.82 Å². The van der Waals surface area contributed by atoms with Crippen molar-refractivity contribution >= 4 is 39.8 Å². The maximum absolute atomic E-state index is 13.1. The zero-order chi connectivity index (χ0) is 14.8. The van der Waals surface area contributed by atoms with Crippen molar-refractivity contribution in [3.63, 3.8) is 0 Å². The molecule has 0 aliphatic heterocycles. The van der Waals surface area contributed by atoms with Crippen LogP contribution >= 0.6 is 23.2 Å². The van der Waals surface area contributed by atoms with Gasteiger partial charge in [-0.2, -0.15) is 0 Å². The van der Waals surface area contributed by atoms with Crippen LogP contribution in [-0.2, 0) is 6.54 Å². The summed E-state index contributed by atoms with van der Waals surface area (Å²) in [5, 5.41) is 13.3. The topological polar surface area (TPSA) is 37.8 Å². The fraction of sp³-hybridized carbons (Fsp3) is 0.0667. The molecule has 0 unspecified atom stereocenters. The molecule has 1 heterocycles. The van der Waals surface area contributed by atoms with E-state index in [2.05, 4.69) is 15.5 Å². The summed E-state index contributed by atoms with van der Waals surface area (Å²) in [6, 6.07) is 12.2. The Bertz CT molecular complexity index is 808. The number of nitrogens with zero attached hydrogens (tertiary/aromatic N) is 2. The highest BCUT2D eigenvalue weighted by atomic mass is 35.5. The number of hydrogen-bond acceptors (Lipinski definition) is 3. The van der Waals surface area contributed by atoms with Gasteiger partial charge in [-0.3, -0.25) is 0 Å². The SMILES string of the molecule is Fc1ccc(CNc2nnc(Cl)c3ccccc23)cc1Cl. The third-order valence-corrected chi connectivity index (χ3v) is 3.66. The van der Waals surface area contributed by atoms with Crippen molar-refractivity contribution in [2.24, 2.45) is 0 Å². The van der Waals surface area contributed by atoms with E-state index in [0.29, 0.717) is 17.5 Å². The highest BCUT2D eigenvalue weighted by Crippen LogP contribution is 2.26. The minimum absolute atomic E-state index is 0.0985. The molecule has 1 aromatic heterocycles. The third kappa shape index (κ3) is 2.91. The summed E-state index contributed by atoms with van der Waals surface area (Å²) in [5.41, 5.74) is 0.849. The number of anilines is 1. The molecule has 0 amide bonds. The van der Waals surface area contributed by atoms with Gasteiger partial charge in [-0.05, 0) is 17.7 Å². The van der Waals surface area contributed by atoms with Crippen molar-refractivity contribution in [2.75, 3.05) is 5.32 Å². The van der Waals surface area contributed by atoms with Crippen LogP contribution < -0.4 is 5.32 Å². The molecule has 2 aromatic carbocycles. The molecule has 0 saturated heterocycles. The van der Waals surface area contributed by atoms with E-state index in [1.807, 2.05) is 24.3 Å². The normalized spacial score (nSPS) is 10.8. The lowest BCUT2D eigenvalue weighted by Crippen LogP contribution is -2.03. The lowest BCUT2D eigenvalue weighted by Gasteiger charge is -2.09. The molecule has 106 valence electrons. The fourth-order valence-corrected chi connectivity index (χ4v) is 2.44. The first kappa shape index (κ1) is 14.0. The number of nitrogens with one attached hydrogen (secondary N) is 1. The second-order valence-corrected chi connectivity index (χ2v) is 5.25. The zero-order valence-electron chi connectivity index (χ0n) is 10.8. The van der Waals surface area contributed by atoms with Crippen LogP contribution in [0.2, 0.25) is 10.2 Å². The molecule has 3 nitrogen and oxygen atoms in total. The summed E-state index contributed by atoms with van der Waals surface area (Å²) in [4.78, 5) is 0. The lowest BCUT2D eigenvalue weighted by molar-refractivity contribution is 0.627. The van der Waals surface area contributed by atoms with E-state index in [4.69, 9.17) is 23.2 Å². The quantitative estimate of drug-likeness (QED) is 0.760. The van der Waals surface area contributed by atoms with Crippen molar-refractivity contribution in [1.29, 1.82) is 0 Å². The highest BCUT2D eigenvalue weighted by molar-refractivity contribution is 6.34. The molecule has 1 N–H and O–H groups in total. The second kappa shape index (κ2) is 5.84. The van der Waals surface area contributed by atoms with E-state index in [-0.39, 0.29) is 5.02 Å². The molecule has 0 spiro atoms. The number of hydrogen-bond donors (Lipinski definition) is 1. The van der Waals surface area contributed by atoms with Crippen molar-refractivity contribution in [2.45, 2.75) is 6.54 Å². The predicted molar refractivity (Wildman–Crippen MR) is 83.3 cm³/mol. The van der Waals surface area contributed by atoms with E-state index in [1.165, 1.54) is 6.07 Å². The van der Waals surface area contributed by atoms with Crippen molar-refractivity contribution in [1.82, 2.24) is 10.2 Å². The molecule has 0 saturated carbocycles. The van der Waals surface area contributed by atoms with E-state index >= 15 is 0 Å². The Balaban J connectivity index is 1.88. The average molecular weight is 322 g/mol. The Morgan fingerprint density at radius 3 is 2.52 bits per heavy atom. The van der Waals surface area contributed by atoms with E-state index in [0.717, 1.165) is 16.3 Å². The number of fused-ring (bicyclic) bond motifs is 1. The monoisotopic (exact) mass is 321 g/mol. The maximum Gasteiger partial charge on any atom is 0.159 e. The van der Waals surface area contributed by atoms with Crippen molar-refractivity contribution in [3.05, 3.63) is 64.0 Å². The Morgan fingerprint density at radius 2 is 1.76 bits per heavy atom. The van der Waals surface area contributed by atoms with Gasteiger partial charge in [0.1, 0.15) is 5.82 Å². The Hall–Kier alpha value is -1.91. The molecule has 3 rings (SSSR count). The Morgan fingerprint density at radius 1 is 1.00 bits per heavy atom. The summed E-state index contributed by atoms with van der Waals surface area (Å²) < 4.78 is 13.1. The molecular weight excluding hydrogens is 312 g/mol. The van der Waals surface area contributed by atoms with Crippen LogP contribution in [0.5, 0.6) is 0 Å². The largest absolute Gasteiger partial charge is 0.364 e. The van der Waals surface area contributed by atoms with Gasteiger partial charge < -0.3 is 5.32 Å². The van der Waals surface area contributed by atoms with E-state index in [9.17, 15) is 4.39 Å². The van der Waals surface area contributed by atoms with Gasteiger partial charge in [0.05, 0.1) is 5.02 Å². The van der Waals surface area contributed by atoms with Crippen LogP contribution in [0, 0.1) is 5.82 Å². The van der Waals surface area contributed by atoms with Crippen LogP contribution in [0.25, 0.3) is 10.8 Å². The molecule has 3 aromatic rings. The molecule has 21 heavy (non-hydrogen) atoms.